The van der Waals surface area contributed by atoms with Crippen LogP contribution < -0.4 is 10.1 Å². The molecular weight excluding hydrogens is 405 g/mol. The van der Waals surface area contributed by atoms with Crippen LogP contribution in [0, 0.1) is 6.92 Å². The highest BCUT2D eigenvalue weighted by Crippen LogP contribution is 2.19. The van der Waals surface area contributed by atoms with Crippen LogP contribution >= 0.6 is 24.0 Å². The molecule has 2 N–H and O–H groups in total. The van der Waals surface area contributed by atoms with Gasteiger partial charge in [-0.25, -0.2) is 0 Å². The van der Waals surface area contributed by atoms with Gasteiger partial charge >= 0.3 is 0 Å². The number of likely N-dealkylation sites (tertiary alicyclic amines) is 1. The van der Waals surface area contributed by atoms with Crippen molar-refractivity contribution in [2.75, 3.05) is 33.3 Å². The van der Waals surface area contributed by atoms with Gasteiger partial charge in [0.1, 0.15) is 5.75 Å². The lowest BCUT2D eigenvalue weighted by atomic mass is 10.1. The second-order valence-electron chi connectivity index (χ2n) is 5.68. The van der Waals surface area contributed by atoms with Crippen LogP contribution in [0.25, 0.3) is 0 Å². The lowest BCUT2D eigenvalue weighted by Gasteiger charge is -2.20. The number of aliphatic hydroxyl groups excluding tert-OH is 1. The Labute approximate surface area is 156 Å². The molecule has 1 fully saturated rings. The van der Waals surface area contributed by atoms with E-state index in [0.717, 1.165) is 49.7 Å². The molecule has 1 aromatic carbocycles. The van der Waals surface area contributed by atoms with Gasteiger partial charge in [-0.05, 0) is 43.9 Å². The maximum Gasteiger partial charge on any atom is 0.194 e. The fourth-order valence-electron chi connectivity index (χ4n) is 2.67. The number of aliphatic hydroxyl groups is 1. The zero-order valence-corrected chi connectivity index (χ0v) is 16.5. The molecule has 23 heavy (non-hydrogen) atoms. The molecule has 1 heterocycles. The first-order valence-corrected chi connectivity index (χ1v) is 7.99. The van der Waals surface area contributed by atoms with E-state index in [4.69, 9.17) is 4.74 Å². The number of guanidine groups is 1. The molecule has 1 aliphatic rings. The monoisotopic (exact) mass is 433 g/mol. The summed E-state index contributed by atoms with van der Waals surface area (Å²) in [5, 5.41) is 13.0. The fraction of sp³-hybridized carbons (Fsp3) is 0.588. The highest BCUT2D eigenvalue weighted by molar-refractivity contribution is 14.0. The lowest BCUT2D eigenvalue weighted by Crippen LogP contribution is -2.40. The Bertz CT molecular complexity index is 523. The summed E-state index contributed by atoms with van der Waals surface area (Å²) >= 11 is 0. The molecule has 0 aliphatic carbocycles. The van der Waals surface area contributed by atoms with Crippen molar-refractivity contribution in [1.82, 2.24) is 10.2 Å². The average Bonchev–Trinajstić information content (AvgIpc) is 2.94. The van der Waals surface area contributed by atoms with Crippen LogP contribution in [0.15, 0.2) is 23.2 Å². The van der Waals surface area contributed by atoms with E-state index in [-0.39, 0.29) is 30.1 Å². The molecule has 1 atom stereocenters. The van der Waals surface area contributed by atoms with Gasteiger partial charge in [0.2, 0.25) is 0 Å². The molecule has 1 aromatic rings. The van der Waals surface area contributed by atoms with E-state index in [1.807, 2.05) is 6.92 Å². The highest BCUT2D eigenvalue weighted by atomic mass is 127. The molecule has 0 aromatic heterocycles. The summed E-state index contributed by atoms with van der Waals surface area (Å²) in [4.78, 5) is 6.81. The fourth-order valence-corrected chi connectivity index (χ4v) is 2.67. The van der Waals surface area contributed by atoms with Crippen LogP contribution in [0.1, 0.15) is 24.5 Å². The first-order valence-electron chi connectivity index (χ1n) is 7.99. The Morgan fingerprint density at radius 3 is 2.87 bits per heavy atom. The summed E-state index contributed by atoms with van der Waals surface area (Å²) in [6, 6.07) is 6.29. The Balaban J connectivity index is 0.00000264. The zero-order valence-electron chi connectivity index (χ0n) is 14.2. The third-order valence-electron chi connectivity index (χ3n) is 3.93. The van der Waals surface area contributed by atoms with Crippen LogP contribution in [-0.2, 0) is 6.42 Å². The van der Waals surface area contributed by atoms with Gasteiger partial charge in [0.15, 0.2) is 5.96 Å². The second kappa shape index (κ2) is 9.97. The van der Waals surface area contributed by atoms with Crippen molar-refractivity contribution in [2.24, 2.45) is 4.99 Å². The van der Waals surface area contributed by atoms with E-state index in [2.05, 4.69) is 40.3 Å². The number of ether oxygens (including phenoxy) is 1. The van der Waals surface area contributed by atoms with Crippen LogP contribution in [0.4, 0.5) is 0 Å². The normalized spacial score (nSPS) is 17.8. The van der Waals surface area contributed by atoms with Gasteiger partial charge in [0.25, 0.3) is 0 Å². The van der Waals surface area contributed by atoms with Crippen molar-refractivity contribution in [2.45, 2.75) is 32.8 Å². The van der Waals surface area contributed by atoms with E-state index < -0.39 is 0 Å². The minimum Gasteiger partial charge on any atom is -0.496 e. The third-order valence-corrected chi connectivity index (χ3v) is 3.93. The average molecular weight is 433 g/mol. The number of hydrogen-bond donors (Lipinski definition) is 2. The Morgan fingerprint density at radius 1 is 1.48 bits per heavy atom. The smallest absolute Gasteiger partial charge is 0.194 e. The van der Waals surface area contributed by atoms with E-state index in [1.165, 1.54) is 5.56 Å². The van der Waals surface area contributed by atoms with Crippen molar-refractivity contribution in [3.63, 3.8) is 0 Å². The summed E-state index contributed by atoms with van der Waals surface area (Å²) < 4.78 is 5.36. The molecule has 1 aliphatic heterocycles. The van der Waals surface area contributed by atoms with Crippen LogP contribution in [0.5, 0.6) is 5.75 Å². The van der Waals surface area contributed by atoms with Gasteiger partial charge in [-0.1, -0.05) is 12.1 Å². The molecule has 2 rings (SSSR count). The summed E-state index contributed by atoms with van der Waals surface area (Å²) in [5.74, 6) is 1.83. The number of nitrogens with one attached hydrogen (secondary N) is 1. The van der Waals surface area contributed by atoms with Gasteiger partial charge in [0, 0.05) is 26.2 Å². The number of hydrogen-bond acceptors (Lipinski definition) is 3. The van der Waals surface area contributed by atoms with Crippen molar-refractivity contribution < 1.29 is 9.84 Å². The number of halogens is 1. The molecule has 0 bridgehead atoms. The minimum absolute atomic E-state index is 0. The molecule has 0 spiro atoms. The topological polar surface area (TPSA) is 57.1 Å². The Kier molecular flexibility index (Phi) is 8.68. The highest BCUT2D eigenvalue weighted by Gasteiger charge is 2.22. The van der Waals surface area contributed by atoms with E-state index in [0.29, 0.717) is 6.54 Å². The Morgan fingerprint density at radius 2 is 2.26 bits per heavy atom. The molecule has 6 heteroatoms. The van der Waals surface area contributed by atoms with Gasteiger partial charge in [0.05, 0.1) is 13.2 Å². The molecule has 0 amide bonds. The maximum absolute atomic E-state index is 9.67. The van der Waals surface area contributed by atoms with Crippen molar-refractivity contribution in [3.05, 3.63) is 29.3 Å². The summed E-state index contributed by atoms with van der Waals surface area (Å²) in [6.07, 6.45) is 1.46. The number of rotatable bonds is 5. The summed E-state index contributed by atoms with van der Waals surface area (Å²) in [7, 11) is 1.70. The molecule has 5 nitrogen and oxygen atoms in total. The third kappa shape index (κ3) is 5.84. The minimum atomic E-state index is -0.231. The molecular formula is C17H28IN3O2. The van der Waals surface area contributed by atoms with Gasteiger partial charge in [-0.3, -0.25) is 4.99 Å². The second-order valence-corrected chi connectivity index (χ2v) is 5.68. The summed E-state index contributed by atoms with van der Waals surface area (Å²) in [6.45, 7) is 7.20. The standard InChI is InChI=1S/C17H27N3O2.HI/c1-4-18-17(20-10-8-15(21)12-20)19-9-7-14-6-5-13(2)16(11-14)22-3;/h5-6,11,15,21H,4,7-10,12H2,1-3H3,(H,18,19);1H/t15-;/m1./s1. The number of aryl methyl sites for hydroxylation is 1. The summed E-state index contributed by atoms with van der Waals surface area (Å²) in [5.41, 5.74) is 2.37. The number of aliphatic imine (C=N–C) groups is 1. The lowest BCUT2D eigenvalue weighted by molar-refractivity contribution is 0.188. The number of methoxy groups -OCH3 is 1. The van der Waals surface area contributed by atoms with Crippen LogP contribution in [-0.4, -0.2) is 55.4 Å². The molecule has 1 saturated heterocycles. The quantitative estimate of drug-likeness (QED) is 0.425. The van der Waals surface area contributed by atoms with Crippen molar-refractivity contribution in [3.8, 4) is 5.75 Å². The molecule has 0 radical (unpaired) electrons. The van der Waals surface area contributed by atoms with E-state index >= 15 is 0 Å². The predicted octanol–water partition coefficient (Wildman–Crippen LogP) is 2.20. The van der Waals surface area contributed by atoms with Crippen molar-refractivity contribution in [1.29, 1.82) is 0 Å². The first kappa shape index (κ1) is 20.0. The van der Waals surface area contributed by atoms with E-state index in [1.54, 1.807) is 7.11 Å². The molecule has 130 valence electrons. The largest absolute Gasteiger partial charge is 0.496 e. The van der Waals surface area contributed by atoms with Gasteiger partial charge < -0.3 is 20.1 Å². The number of nitrogens with zero attached hydrogens (tertiary/aromatic N) is 2. The van der Waals surface area contributed by atoms with Crippen molar-refractivity contribution >= 4 is 29.9 Å². The Hall–Kier alpha value is -1.02. The molecule has 0 saturated carbocycles. The number of β-amino-alcohol motifs (C(OH)–C–C–N with tert-alkyl or cyclic N) is 1. The number of benzene rings is 1. The first-order chi connectivity index (χ1) is 10.6. The zero-order chi connectivity index (χ0) is 15.9. The van der Waals surface area contributed by atoms with Gasteiger partial charge in [-0.2, -0.15) is 0 Å². The molecule has 0 unspecified atom stereocenters. The predicted molar refractivity (Wildman–Crippen MR) is 105 cm³/mol. The van der Waals surface area contributed by atoms with Gasteiger partial charge in [-0.15, -0.1) is 24.0 Å². The van der Waals surface area contributed by atoms with Crippen LogP contribution in [0.3, 0.4) is 0 Å². The van der Waals surface area contributed by atoms with E-state index in [9.17, 15) is 5.11 Å². The van der Waals surface area contributed by atoms with Crippen LogP contribution in [0.2, 0.25) is 0 Å². The SMILES string of the molecule is CCNC(=NCCc1ccc(C)c(OC)c1)N1CC[C@@H](O)C1.I. The maximum atomic E-state index is 9.67.